The Kier molecular flexibility index (Phi) is 4.46. The molecule has 0 bridgehead atoms. The average Bonchev–Trinajstić information content (AvgIpc) is 3.32. The number of pyridine rings is 1. The van der Waals surface area contributed by atoms with Gasteiger partial charge >= 0.3 is 0 Å². The third-order valence-electron chi connectivity index (χ3n) is 5.34. The van der Waals surface area contributed by atoms with Crippen molar-refractivity contribution in [1.82, 2.24) is 15.3 Å². The lowest BCUT2D eigenvalue weighted by Gasteiger charge is -2.20. The first-order chi connectivity index (χ1) is 13.8. The first kappa shape index (κ1) is 19.2. The molecule has 3 aromatic rings. The van der Waals surface area contributed by atoms with Crippen LogP contribution in [0.15, 0.2) is 22.3 Å². The van der Waals surface area contributed by atoms with Crippen LogP contribution in [-0.4, -0.2) is 15.9 Å². The van der Waals surface area contributed by atoms with Gasteiger partial charge in [0.2, 0.25) is 5.91 Å². The smallest absolute Gasteiger partial charge is 0.252 e. The van der Waals surface area contributed by atoms with Gasteiger partial charge in [0.1, 0.15) is 11.1 Å². The molecule has 4 rings (SSSR count). The number of hydrogen-bond donors (Lipinski definition) is 2. The van der Waals surface area contributed by atoms with Crippen molar-refractivity contribution in [2.45, 2.75) is 38.1 Å². The number of thiazole rings is 1. The molecular weight excluding hydrogens is 398 g/mol. The van der Waals surface area contributed by atoms with Crippen molar-refractivity contribution >= 4 is 28.1 Å². The second-order valence-electron chi connectivity index (χ2n) is 7.20. The van der Waals surface area contributed by atoms with Crippen molar-refractivity contribution in [1.29, 1.82) is 5.26 Å². The lowest BCUT2D eigenvalue weighted by molar-refractivity contribution is -0.124. The maximum Gasteiger partial charge on any atom is 0.252 e. The fourth-order valence-corrected chi connectivity index (χ4v) is 4.48. The number of aromatic nitrogens is 2. The number of nitrogens with zero attached hydrogens (tertiary/aromatic N) is 2. The number of H-pyrrole nitrogens is 1. The number of benzene rings is 1. The molecule has 29 heavy (non-hydrogen) atoms. The molecular formula is C20H16F2N4O2S. The molecule has 2 aromatic heterocycles. The Bertz CT molecular complexity index is 1250. The summed E-state index contributed by atoms with van der Waals surface area (Å²) >= 11 is 1.26. The van der Waals surface area contributed by atoms with Gasteiger partial charge < -0.3 is 10.3 Å². The fraction of sp³-hybridized carbons (Fsp3) is 0.300. The van der Waals surface area contributed by atoms with Crippen LogP contribution in [0, 0.1) is 29.9 Å². The van der Waals surface area contributed by atoms with Crippen molar-refractivity contribution in [2.75, 3.05) is 0 Å². The highest BCUT2D eigenvalue weighted by atomic mass is 32.1. The van der Waals surface area contributed by atoms with Crippen LogP contribution in [0.3, 0.4) is 0 Å². The Morgan fingerprint density at radius 2 is 2.14 bits per heavy atom. The summed E-state index contributed by atoms with van der Waals surface area (Å²) in [6.07, 6.45) is 0.860. The Hall–Kier alpha value is -3.12. The summed E-state index contributed by atoms with van der Waals surface area (Å²) in [5.41, 5.74) is -0.688. The van der Waals surface area contributed by atoms with Crippen LogP contribution in [0.1, 0.15) is 47.6 Å². The zero-order valence-electron chi connectivity index (χ0n) is 15.6. The summed E-state index contributed by atoms with van der Waals surface area (Å²) in [7, 11) is 0. The fourth-order valence-electron chi connectivity index (χ4n) is 3.73. The van der Waals surface area contributed by atoms with E-state index in [0.29, 0.717) is 17.8 Å². The van der Waals surface area contributed by atoms with Crippen LogP contribution in [0.4, 0.5) is 8.78 Å². The van der Waals surface area contributed by atoms with Crippen molar-refractivity contribution in [3.63, 3.8) is 0 Å². The van der Waals surface area contributed by atoms with E-state index in [4.69, 9.17) is 5.26 Å². The molecule has 6 nitrogen and oxygen atoms in total. The maximum atomic E-state index is 14.4. The summed E-state index contributed by atoms with van der Waals surface area (Å²) in [6.45, 7) is 3.27. The monoisotopic (exact) mass is 414 g/mol. The number of amides is 1. The molecule has 0 radical (unpaired) electrons. The quantitative estimate of drug-likeness (QED) is 0.684. The predicted octanol–water partition coefficient (Wildman–Crippen LogP) is 3.35. The molecule has 1 aliphatic carbocycles. The summed E-state index contributed by atoms with van der Waals surface area (Å²) < 4.78 is 28.2. The predicted molar refractivity (Wildman–Crippen MR) is 104 cm³/mol. The zero-order chi connectivity index (χ0) is 20.9. The summed E-state index contributed by atoms with van der Waals surface area (Å²) in [5, 5.41) is 13.9. The maximum absolute atomic E-state index is 14.4. The second-order valence-corrected chi connectivity index (χ2v) is 8.09. The molecule has 1 amide bonds. The van der Waals surface area contributed by atoms with Gasteiger partial charge in [0.05, 0.1) is 17.0 Å². The number of aromatic amines is 1. The molecule has 148 valence electrons. The molecule has 0 aliphatic heterocycles. The molecule has 1 atom stereocenters. The molecule has 2 heterocycles. The molecule has 1 fully saturated rings. The Balaban J connectivity index is 1.73. The van der Waals surface area contributed by atoms with Crippen LogP contribution in [0.2, 0.25) is 0 Å². The van der Waals surface area contributed by atoms with Gasteiger partial charge in [0.15, 0.2) is 17.3 Å². The molecule has 1 aliphatic rings. The summed E-state index contributed by atoms with van der Waals surface area (Å²) in [5.74, 6) is -2.43. The van der Waals surface area contributed by atoms with Crippen molar-refractivity contribution < 1.29 is 13.6 Å². The SMILES string of the molecule is Cc1c(C2(C(=O)N[C@H](C)c3nc(C#N)cs3)CC2)c(=O)[nH]c2ccc(F)c(F)c12. The molecule has 0 saturated heterocycles. The number of halogens is 2. The van der Waals surface area contributed by atoms with Gasteiger partial charge in [0, 0.05) is 16.3 Å². The lowest BCUT2D eigenvalue weighted by Crippen LogP contribution is -2.40. The van der Waals surface area contributed by atoms with E-state index in [1.165, 1.54) is 24.3 Å². The van der Waals surface area contributed by atoms with Gasteiger partial charge in [-0.1, -0.05) is 0 Å². The van der Waals surface area contributed by atoms with E-state index in [-0.39, 0.29) is 33.6 Å². The Morgan fingerprint density at radius 3 is 2.76 bits per heavy atom. The third-order valence-corrected chi connectivity index (χ3v) is 6.37. The Morgan fingerprint density at radius 1 is 1.41 bits per heavy atom. The number of hydrogen-bond acceptors (Lipinski definition) is 5. The average molecular weight is 414 g/mol. The highest BCUT2D eigenvalue weighted by Crippen LogP contribution is 2.49. The highest BCUT2D eigenvalue weighted by Gasteiger charge is 2.54. The molecule has 0 spiro atoms. The first-order valence-corrected chi connectivity index (χ1v) is 9.84. The second kappa shape index (κ2) is 6.74. The largest absolute Gasteiger partial charge is 0.346 e. The van der Waals surface area contributed by atoms with Crippen molar-refractivity contribution in [3.8, 4) is 6.07 Å². The molecule has 9 heteroatoms. The molecule has 1 saturated carbocycles. The number of nitriles is 1. The molecule has 1 aromatic carbocycles. The molecule has 0 unspecified atom stereocenters. The highest BCUT2D eigenvalue weighted by molar-refractivity contribution is 7.09. The van der Waals surface area contributed by atoms with E-state index in [2.05, 4.69) is 15.3 Å². The normalized spacial score (nSPS) is 15.7. The van der Waals surface area contributed by atoms with Crippen LogP contribution in [0.5, 0.6) is 0 Å². The number of aryl methyl sites for hydroxylation is 1. The number of rotatable bonds is 4. The zero-order valence-corrected chi connectivity index (χ0v) is 16.4. The minimum absolute atomic E-state index is 0.0229. The summed E-state index contributed by atoms with van der Waals surface area (Å²) in [6, 6.07) is 3.75. The van der Waals surface area contributed by atoms with Gasteiger partial charge in [-0.15, -0.1) is 11.3 Å². The van der Waals surface area contributed by atoms with E-state index in [0.717, 1.165) is 6.07 Å². The van der Waals surface area contributed by atoms with Crippen LogP contribution in [0.25, 0.3) is 10.9 Å². The number of nitrogens with one attached hydrogen (secondary N) is 2. The lowest BCUT2D eigenvalue weighted by atomic mass is 9.89. The molecule has 2 N–H and O–H groups in total. The van der Waals surface area contributed by atoms with E-state index in [1.54, 1.807) is 12.3 Å². The number of carbonyl (C=O) groups excluding carboxylic acids is 1. The van der Waals surface area contributed by atoms with E-state index >= 15 is 0 Å². The topological polar surface area (TPSA) is 98.6 Å². The van der Waals surface area contributed by atoms with Gasteiger partial charge in [-0.05, 0) is 44.4 Å². The van der Waals surface area contributed by atoms with E-state index < -0.39 is 28.7 Å². The van der Waals surface area contributed by atoms with Gasteiger partial charge in [-0.25, -0.2) is 13.8 Å². The standard InChI is InChI=1S/C20H16F2N4O2S/c1-9-14-13(4-3-12(21)16(14)22)26-17(27)15(9)20(5-6-20)19(28)24-10(2)18-25-11(7-23)8-29-18/h3-4,8,10H,5-6H2,1-2H3,(H,24,28)(H,26,27)/t10-/m1/s1. The van der Waals surface area contributed by atoms with E-state index in [1.807, 2.05) is 6.07 Å². The van der Waals surface area contributed by atoms with Gasteiger partial charge in [-0.2, -0.15) is 5.26 Å². The van der Waals surface area contributed by atoms with Crippen LogP contribution >= 0.6 is 11.3 Å². The Labute approximate surface area is 168 Å². The van der Waals surface area contributed by atoms with Crippen molar-refractivity contribution in [2.24, 2.45) is 0 Å². The number of fused-ring (bicyclic) bond motifs is 1. The minimum Gasteiger partial charge on any atom is -0.346 e. The minimum atomic E-state index is -1.09. The van der Waals surface area contributed by atoms with Crippen LogP contribution in [-0.2, 0) is 10.2 Å². The third kappa shape index (κ3) is 3.00. The summed E-state index contributed by atoms with van der Waals surface area (Å²) in [4.78, 5) is 32.5. The first-order valence-electron chi connectivity index (χ1n) is 8.96. The van der Waals surface area contributed by atoms with Crippen molar-refractivity contribution in [3.05, 3.63) is 61.3 Å². The van der Waals surface area contributed by atoms with E-state index in [9.17, 15) is 18.4 Å². The van der Waals surface area contributed by atoms with Gasteiger partial charge in [0.25, 0.3) is 5.56 Å². The van der Waals surface area contributed by atoms with Crippen LogP contribution < -0.4 is 10.9 Å². The van der Waals surface area contributed by atoms with Gasteiger partial charge in [-0.3, -0.25) is 9.59 Å². The number of carbonyl (C=O) groups is 1.